The quantitative estimate of drug-likeness (QED) is 0.236. The van der Waals surface area contributed by atoms with Crippen molar-refractivity contribution < 1.29 is 23.8 Å². The Labute approximate surface area is 215 Å². The van der Waals surface area contributed by atoms with Gasteiger partial charge in [-0.3, -0.25) is 14.5 Å². The van der Waals surface area contributed by atoms with E-state index in [1.807, 2.05) is 6.92 Å². The van der Waals surface area contributed by atoms with Crippen molar-refractivity contribution in [2.45, 2.75) is 25.8 Å². The van der Waals surface area contributed by atoms with Gasteiger partial charge >= 0.3 is 5.97 Å². The van der Waals surface area contributed by atoms with E-state index in [-0.39, 0.29) is 22.5 Å². The maximum Gasteiger partial charge on any atom is 0.338 e. The summed E-state index contributed by atoms with van der Waals surface area (Å²) in [4.78, 5) is 41.1. The maximum absolute atomic E-state index is 13.6. The zero-order valence-electron chi connectivity index (χ0n) is 19.4. The number of phenolic OH excluding ortho intramolecular Hbond substituents is 1. The number of unbranched alkanes of at least 4 members (excludes halogenated alkanes) is 1. The van der Waals surface area contributed by atoms with Gasteiger partial charge in [0.1, 0.15) is 11.3 Å². The Morgan fingerprint density at radius 3 is 2.47 bits per heavy atom. The number of fused-ring (bicyclic) bond motifs is 2. The summed E-state index contributed by atoms with van der Waals surface area (Å²) in [6.45, 7) is 2.36. The van der Waals surface area contributed by atoms with E-state index in [2.05, 4.69) is 15.9 Å². The lowest BCUT2D eigenvalue weighted by atomic mass is 9.98. The number of rotatable bonds is 6. The average molecular weight is 548 g/mol. The normalized spacial score (nSPS) is 14.8. The van der Waals surface area contributed by atoms with Crippen LogP contribution < -0.4 is 10.3 Å². The lowest BCUT2D eigenvalue weighted by Gasteiger charge is -2.25. The number of anilines is 1. The van der Waals surface area contributed by atoms with Gasteiger partial charge in [0.2, 0.25) is 5.76 Å². The molecule has 0 radical (unpaired) electrons. The first-order chi connectivity index (χ1) is 17.4. The molecule has 0 spiro atoms. The topological polar surface area (TPSA) is 97.0 Å². The molecule has 5 rings (SSSR count). The summed E-state index contributed by atoms with van der Waals surface area (Å²) >= 11 is 3.39. The number of ether oxygens (including phenoxy) is 1. The molecule has 0 aliphatic carbocycles. The summed E-state index contributed by atoms with van der Waals surface area (Å²) in [5.41, 5.74) is 1.71. The molecule has 2 heterocycles. The Balaban J connectivity index is 1.62. The lowest BCUT2D eigenvalue weighted by molar-refractivity contribution is 0.0499. The fourth-order valence-electron chi connectivity index (χ4n) is 4.33. The molecule has 7 nitrogen and oxygen atoms in total. The zero-order valence-corrected chi connectivity index (χ0v) is 20.9. The van der Waals surface area contributed by atoms with Crippen LogP contribution >= 0.6 is 15.9 Å². The minimum Gasteiger partial charge on any atom is -0.508 e. The third-order valence-corrected chi connectivity index (χ3v) is 6.65. The molecule has 0 saturated carbocycles. The summed E-state index contributed by atoms with van der Waals surface area (Å²) in [6, 6.07) is 17.1. The van der Waals surface area contributed by atoms with Crippen molar-refractivity contribution in [3.63, 3.8) is 0 Å². The van der Waals surface area contributed by atoms with E-state index in [1.165, 1.54) is 17.0 Å². The van der Waals surface area contributed by atoms with Crippen LogP contribution in [0.3, 0.4) is 0 Å². The summed E-state index contributed by atoms with van der Waals surface area (Å²) in [5, 5.41) is 10.2. The van der Waals surface area contributed by atoms with Crippen LogP contribution in [0.25, 0.3) is 11.0 Å². The fourth-order valence-corrected chi connectivity index (χ4v) is 4.70. The summed E-state index contributed by atoms with van der Waals surface area (Å²) < 4.78 is 11.9. The standard InChI is InChI=1S/C28H22BrNO6/c1-2-3-14-35-28(34)17-4-9-19(10-5-17)30-24(16-6-11-20(31)12-7-16)23-25(32)21-15-18(29)8-13-22(21)36-26(23)27(30)33/h4-13,15,24,31H,2-3,14H2,1H3. The lowest BCUT2D eigenvalue weighted by Crippen LogP contribution is -2.29. The number of carbonyl (C=O) groups excluding carboxylic acids is 2. The number of nitrogens with zero attached hydrogens (tertiary/aromatic N) is 1. The second-order valence-electron chi connectivity index (χ2n) is 8.52. The highest BCUT2D eigenvalue weighted by atomic mass is 79.9. The average Bonchev–Trinajstić information content (AvgIpc) is 3.17. The van der Waals surface area contributed by atoms with Gasteiger partial charge in [0.15, 0.2) is 5.43 Å². The van der Waals surface area contributed by atoms with Crippen molar-refractivity contribution >= 4 is 44.5 Å². The van der Waals surface area contributed by atoms with Crippen LogP contribution in [0.2, 0.25) is 0 Å². The number of esters is 1. The highest BCUT2D eigenvalue weighted by Crippen LogP contribution is 2.41. The third kappa shape index (κ3) is 4.18. The molecule has 1 atom stereocenters. The molecule has 1 aliphatic rings. The van der Waals surface area contributed by atoms with E-state index in [0.717, 1.165) is 12.8 Å². The molecule has 0 fully saturated rings. The molecule has 1 aromatic heterocycles. The van der Waals surface area contributed by atoms with Crippen LogP contribution in [0, 0.1) is 0 Å². The van der Waals surface area contributed by atoms with Crippen molar-refractivity contribution in [3.8, 4) is 5.75 Å². The van der Waals surface area contributed by atoms with Gasteiger partial charge in [-0.1, -0.05) is 41.4 Å². The Bertz CT molecular complexity index is 1530. The first kappa shape index (κ1) is 23.8. The van der Waals surface area contributed by atoms with Crippen molar-refractivity contribution in [1.29, 1.82) is 0 Å². The number of amides is 1. The monoisotopic (exact) mass is 547 g/mol. The Hall–Kier alpha value is -3.91. The highest BCUT2D eigenvalue weighted by Gasteiger charge is 2.43. The van der Waals surface area contributed by atoms with Crippen molar-refractivity contribution in [1.82, 2.24) is 0 Å². The number of hydrogen-bond acceptors (Lipinski definition) is 6. The molecule has 1 amide bonds. The van der Waals surface area contributed by atoms with E-state index in [4.69, 9.17) is 9.15 Å². The van der Waals surface area contributed by atoms with E-state index in [1.54, 1.807) is 54.6 Å². The molecular formula is C28H22BrNO6. The zero-order chi connectivity index (χ0) is 25.4. The van der Waals surface area contributed by atoms with Crippen LogP contribution in [0.15, 0.2) is 80.4 Å². The van der Waals surface area contributed by atoms with Crippen LogP contribution in [-0.2, 0) is 4.74 Å². The van der Waals surface area contributed by atoms with E-state index in [0.29, 0.717) is 38.9 Å². The second-order valence-corrected chi connectivity index (χ2v) is 9.44. The van der Waals surface area contributed by atoms with Crippen LogP contribution in [0.5, 0.6) is 5.75 Å². The largest absolute Gasteiger partial charge is 0.508 e. The van der Waals surface area contributed by atoms with Crippen molar-refractivity contribution in [2.24, 2.45) is 0 Å². The van der Waals surface area contributed by atoms with Gasteiger partial charge in [0.05, 0.1) is 29.2 Å². The van der Waals surface area contributed by atoms with E-state index >= 15 is 0 Å². The maximum atomic E-state index is 13.6. The number of phenols is 1. The van der Waals surface area contributed by atoms with Crippen LogP contribution in [-0.4, -0.2) is 23.6 Å². The summed E-state index contributed by atoms with van der Waals surface area (Å²) in [6.07, 6.45) is 1.70. The molecule has 0 bridgehead atoms. The minimum atomic E-state index is -0.782. The van der Waals surface area contributed by atoms with Gasteiger partial charge in [-0.2, -0.15) is 0 Å². The second kappa shape index (κ2) is 9.62. The number of benzene rings is 3. The summed E-state index contributed by atoms with van der Waals surface area (Å²) in [5.74, 6) is -0.871. The Kier molecular flexibility index (Phi) is 6.36. The molecule has 4 aromatic rings. The molecular weight excluding hydrogens is 526 g/mol. The highest BCUT2D eigenvalue weighted by molar-refractivity contribution is 9.10. The van der Waals surface area contributed by atoms with Gasteiger partial charge < -0.3 is 14.3 Å². The predicted octanol–water partition coefficient (Wildman–Crippen LogP) is 5.97. The molecule has 3 aromatic carbocycles. The van der Waals surface area contributed by atoms with E-state index in [9.17, 15) is 19.5 Å². The predicted molar refractivity (Wildman–Crippen MR) is 139 cm³/mol. The number of aromatic hydroxyl groups is 1. The molecule has 1 aliphatic heterocycles. The molecule has 1 unspecified atom stereocenters. The molecule has 0 saturated heterocycles. The van der Waals surface area contributed by atoms with Gasteiger partial charge in [-0.15, -0.1) is 0 Å². The van der Waals surface area contributed by atoms with Gasteiger partial charge in [-0.05, 0) is 66.6 Å². The third-order valence-electron chi connectivity index (χ3n) is 6.15. The molecule has 1 N–H and O–H groups in total. The SMILES string of the molecule is CCCCOC(=O)c1ccc(N2C(=O)c3oc4ccc(Br)cc4c(=O)c3C2c2ccc(O)cc2)cc1. The van der Waals surface area contributed by atoms with Gasteiger partial charge in [0.25, 0.3) is 5.91 Å². The summed E-state index contributed by atoms with van der Waals surface area (Å²) in [7, 11) is 0. The van der Waals surface area contributed by atoms with Gasteiger partial charge in [-0.25, -0.2) is 4.79 Å². The van der Waals surface area contributed by atoms with Gasteiger partial charge in [0, 0.05) is 10.2 Å². The minimum absolute atomic E-state index is 0.0315. The number of halogens is 1. The Morgan fingerprint density at radius 1 is 1.06 bits per heavy atom. The van der Waals surface area contributed by atoms with E-state index < -0.39 is 17.9 Å². The molecule has 8 heteroatoms. The first-order valence-electron chi connectivity index (χ1n) is 11.5. The molecule has 182 valence electrons. The Morgan fingerprint density at radius 2 is 1.78 bits per heavy atom. The molecule has 36 heavy (non-hydrogen) atoms. The first-order valence-corrected chi connectivity index (χ1v) is 12.3. The van der Waals surface area contributed by atoms with Crippen LogP contribution in [0.1, 0.15) is 57.8 Å². The number of carbonyl (C=O) groups is 2. The van der Waals surface area contributed by atoms with Crippen LogP contribution in [0.4, 0.5) is 5.69 Å². The van der Waals surface area contributed by atoms with Crippen molar-refractivity contribution in [3.05, 3.63) is 104 Å². The fraction of sp³-hybridized carbons (Fsp3) is 0.179. The smallest absolute Gasteiger partial charge is 0.338 e. The van der Waals surface area contributed by atoms with Crippen molar-refractivity contribution in [2.75, 3.05) is 11.5 Å². The number of hydrogen-bond donors (Lipinski definition) is 1.